The number of hydrogen-bond donors (Lipinski definition) is 3. The first kappa shape index (κ1) is 26.8. The lowest BCUT2D eigenvalue weighted by atomic mass is 9.82. The minimum Gasteiger partial charge on any atom is -0.457 e. The Morgan fingerprint density at radius 3 is 2.48 bits per heavy atom. The van der Waals surface area contributed by atoms with Crippen molar-refractivity contribution in [3.8, 4) is 11.5 Å². The standard InChI is InChI=1S/C32H39N5O3/c1-36-16-18-37(19-17-36)25-12-10-24(11-13-25)32(38)33-31-29-15-14-27(21-30(29)34-35-31)39-22-23-6-5-9-28(20-23)40-26-7-3-2-4-8-26/h2-13,20,27,29-31,34-35H,14-19,21-22H2,1H3,(H,33,38). The molecule has 2 heterocycles. The molecule has 0 radical (unpaired) electrons. The van der Waals surface area contributed by atoms with Crippen LogP contribution in [0.2, 0.25) is 0 Å². The second-order valence-electron chi connectivity index (χ2n) is 11.2. The van der Waals surface area contributed by atoms with E-state index in [-0.39, 0.29) is 24.2 Å². The molecule has 3 fully saturated rings. The molecule has 1 aliphatic carbocycles. The van der Waals surface area contributed by atoms with Crippen LogP contribution in [-0.4, -0.2) is 62.3 Å². The van der Waals surface area contributed by atoms with Crippen molar-refractivity contribution in [3.63, 3.8) is 0 Å². The number of hydrogen-bond acceptors (Lipinski definition) is 7. The van der Waals surface area contributed by atoms with Gasteiger partial charge in [0.05, 0.1) is 18.9 Å². The predicted molar refractivity (Wildman–Crippen MR) is 156 cm³/mol. The van der Waals surface area contributed by atoms with Crippen molar-refractivity contribution >= 4 is 11.6 Å². The number of piperazine rings is 1. The van der Waals surface area contributed by atoms with E-state index in [9.17, 15) is 4.79 Å². The topological polar surface area (TPSA) is 78.1 Å². The molecule has 0 aromatic heterocycles. The van der Waals surface area contributed by atoms with Gasteiger partial charge in [-0.15, -0.1) is 0 Å². The minimum absolute atomic E-state index is 0.0409. The van der Waals surface area contributed by atoms with Crippen LogP contribution in [0.5, 0.6) is 11.5 Å². The molecule has 3 aromatic carbocycles. The molecule has 210 valence electrons. The fourth-order valence-corrected chi connectivity index (χ4v) is 5.97. The number of para-hydroxylation sites is 1. The lowest BCUT2D eigenvalue weighted by molar-refractivity contribution is 0.000209. The van der Waals surface area contributed by atoms with E-state index in [0.29, 0.717) is 18.1 Å². The number of carbonyl (C=O) groups is 1. The first-order valence-electron chi connectivity index (χ1n) is 14.4. The molecule has 40 heavy (non-hydrogen) atoms. The van der Waals surface area contributed by atoms with Crippen LogP contribution in [0.3, 0.4) is 0 Å². The Balaban J connectivity index is 0.970. The SMILES string of the molecule is CN1CCN(c2ccc(C(=O)NC3NNC4CC(OCc5cccc(Oc6ccccc6)c5)CCC43)cc2)CC1. The summed E-state index contributed by atoms with van der Waals surface area (Å²) < 4.78 is 12.3. The highest BCUT2D eigenvalue weighted by molar-refractivity contribution is 5.94. The summed E-state index contributed by atoms with van der Waals surface area (Å²) in [6, 6.07) is 26.2. The number of amides is 1. The van der Waals surface area contributed by atoms with Crippen molar-refractivity contribution in [2.24, 2.45) is 5.92 Å². The van der Waals surface area contributed by atoms with E-state index in [1.54, 1.807) is 0 Å². The summed E-state index contributed by atoms with van der Waals surface area (Å²) in [5, 5.41) is 3.21. The second-order valence-corrected chi connectivity index (χ2v) is 11.2. The average molecular weight is 542 g/mol. The zero-order chi connectivity index (χ0) is 27.3. The Kier molecular flexibility index (Phi) is 8.29. The van der Waals surface area contributed by atoms with Crippen molar-refractivity contribution in [2.45, 2.75) is 44.2 Å². The molecular formula is C32H39N5O3. The molecule has 3 N–H and O–H groups in total. The fraction of sp³-hybridized carbons (Fsp3) is 0.406. The molecule has 1 amide bonds. The summed E-state index contributed by atoms with van der Waals surface area (Å²) in [5.41, 5.74) is 9.70. The van der Waals surface area contributed by atoms with Gasteiger partial charge in [0.25, 0.3) is 5.91 Å². The largest absolute Gasteiger partial charge is 0.457 e. The fourth-order valence-electron chi connectivity index (χ4n) is 5.97. The monoisotopic (exact) mass is 541 g/mol. The van der Waals surface area contributed by atoms with Gasteiger partial charge >= 0.3 is 0 Å². The van der Waals surface area contributed by atoms with E-state index >= 15 is 0 Å². The molecule has 0 spiro atoms. The molecule has 1 saturated carbocycles. The summed E-state index contributed by atoms with van der Waals surface area (Å²) in [6.45, 7) is 4.71. The van der Waals surface area contributed by atoms with Crippen LogP contribution < -0.4 is 25.8 Å². The molecule has 3 aliphatic rings. The van der Waals surface area contributed by atoms with E-state index in [2.05, 4.69) is 51.2 Å². The van der Waals surface area contributed by atoms with Gasteiger partial charge in [-0.3, -0.25) is 10.2 Å². The highest BCUT2D eigenvalue weighted by Crippen LogP contribution is 2.32. The van der Waals surface area contributed by atoms with Gasteiger partial charge in [0.15, 0.2) is 0 Å². The van der Waals surface area contributed by atoms with Gasteiger partial charge in [-0.2, -0.15) is 0 Å². The molecule has 8 heteroatoms. The van der Waals surface area contributed by atoms with E-state index in [4.69, 9.17) is 9.47 Å². The van der Waals surface area contributed by atoms with Crippen molar-refractivity contribution < 1.29 is 14.3 Å². The molecule has 8 nitrogen and oxygen atoms in total. The van der Waals surface area contributed by atoms with Crippen molar-refractivity contribution in [1.29, 1.82) is 0 Å². The zero-order valence-corrected chi connectivity index (χ0v) is 23.1. The smallest absolute Gasteiger partial charge is 0.252 e. The summed E-state index contributed by atoms with van der Waals surface area (Å²) in [4.78, 5) is 17.8. The molecule has 6 rings (SSSR count). The number of ether oxygens (including phenoxy) is 2. The van der Waals surface area contributed by atoms with E-state index < -0.39 is 0 Å². The van der Waals surface area contributed by atoms with Crippen LogP contribution in [0.4, 0.5) is 5.69 Å². The van der Waals surface area contributed by atoms with E-state index in [0.717, 1.165) is 62.5 Å². The number of nitrogens with zero attached hydrogens (tertiary/aromatic N) is 2. The Bertz CT molecular complexity index is 1260. The number of likely N-dealkylation sites (N-methyl/N-ethyl adjacent to an activating group) is 1. The number of fused-ring (bicyclic) bond motifs is 1. The van der Waals surface area contributed by atoms with Gasteiger partial charge in [-0.05, 0) is 80.4 Å². The van der Waals surface area contributed by atoms with Gasteiger partial charge < -0.3 is 24.6 Å². The number of carbonyl (C=O) groups excluding carboxylic acids is 1. The Morgan fingerprint density at radius 2 is 1.68 bits per heavy atom. The third-order valence-electron chi connectivity index (χ3n) is 8.36. The molecule has 2 aliphatic heterocycles. The van der Waals surface area contributed by atoms with E-state index in [1.807, 2.05) is 60.7 Å². The van der Waals surface area contributed by atoms with Crippen LogP contribution in [0.15, 0.2) is 78.9 Å². The predicted octanol–water partition coefficient (Wildman–Crippen LogP) is 4.15. The number of benzene rings is 3. The van der Waals surface area contributed by atoms with Crippen molar-refractivity contribution in [3.05, 3.63) is 90.0 Å². The first-order chi connectivity index (χ1) is 19.6. The normalized spacial score (nSPS) is 24.9. The number of rotatable bonds is 8. The Morgan fingerprint density at radius 1 is 0.900 bits per heavy atom. The molecule has 2 saturated heterocycles. The average Bonchev–Trinajstić information content (AvgIpc) is 3.39. The van der Waals surface area contributed by atoms with Crippen LogP contribution in [0.25, 0.3) is 0 Å². The van der Waals surface area contributed by atoms with Gasteiger partial charge in [0.1, 0.15) is 11.5 Å². The van der Waals surface area contributed by atoms with Crippen LogP contribution in [-0.2, 0) is 11.3 Å². The molecular weight excluding hydrogens is 502 g/mol. The molecule has 0 bridgehead atoms. The lowest BCUT2D eigenvalue weighted by Gasteiger charge is -2.34. The van der Waals surface area contributed by atoms with Gasteiger partial charge in [-0.1, -0.05) is 30.3 Å². The second kappa shape index (κ2) is 12.4. The summed E-state index contributed by atoms with van der Waals surface area (Å²) in [5.74, 6) is 1.92. The maximum atomic E-state index is 13.0. The Labute approximate surface area is 236 Å². The van der Waals surface area contributed by atoms with Gasteiger partial charge in [0.2, 0.25) is 0 Å². The summed E-state index contributed by atoms with van der Waals surface area (Å²) in [6.07, 6.45) is 2.94. The molecule has 4 unspecified atom stereocenters. The highest BCUT2D eigenvalue weighted by atomic mass is 16.5. The van der Waals surface area contributed by atoms with Crippen molar-refractivity contribution in [1.82, 2.24) is 21.1 Å². The van der Waals surface area contributed by atoms with Crippen molar-refractivity contribution in [2.75, 3.05) is 38.1 Å². The van der Waals surface area contributed by atoms with Gasteiger partial charge in [0, 0.05) is 49.4 Å². The number of nitrogens with one attached hydrogen (secondary N) is 3. The highest BCUT2D eigenvalue weighted by Gasteiger charge is 2.41. The summed E-state index contributed by atoms with van der Waals surface area (Å²) >= 11 is 0. The number of anilines is 1. The van der Waals surface area contributed by atoms with Gasteiger partial charge in [-0.25, -0.2) is 5.43 Å². The van der Waals surface area contributed by atoms with Crippen LogP contribution >= 0.6 is 0 Å². The minimum atomic E-state index is -0.0948. The van der Waals surface area contributed by atoms with Crippen LogP contribution in [0, 0.1) is 5.92 Å². The molecule has 4 atom stereocenters. The first-order valence-corrected chi connectivity index (χ1v) is 14.4. The van der Waals surface area contributed by atoms with Crippen LogP contribution in [0.1, 0.15) is 35.2 Å². The lowest BCUT2D eigenvalue weighted by Crippen LogP contribution is -2.47. The zero-order valence-electron chi connectivity index (χ0n) is 23.1. The quantitative estimate of drug-likeness (QED) is 0.396. The third-order valence-corrected chi connectivity index (χ3v) is 8.36. The molecule has 3 aromatic rings. The number of hydrazine groups is 1. The third kappa shape index (κ3) is 6.47. The summed E-state index contributed by atoms with van der Waals surface area (Å²) in [7, 11) is 2.16. The maximum absolute atomic E-state index is 13.0. The Hall–Kier alpha value is -3.43. The van der Waals surface area contributed by atoms with E-state index in [1.165, 1.54) is 5.69 Å². The maximum Gasteiger partial charge on any atom is 0.252 e.